The van der Waals surface area contributed by atoms with E-state index in [2.05, 4.69) is 16.4 Å². The molecule has 1 aromatic heterocycles. The molecule has 0 bridgehead atoms. The molecule has 15 heavy (non-hydrogen) atoms. The zero-order valence-corrected chi connectivity index (χ0v) is 8.69. The number of fused-ring (bicyclic) bond motifs is 1. The minimum atomic E-state index is -0.0768. The number of nitrogens with one attached hydrogen (secondary N) is 1. The average Bonchev–Trinajstić information content (AvgIpc) is 2.60. The highest BCUT2D eigenvalue weighted by molar-refractivity contribution is 5.28. The first-order valence-corrected chi connectivity index (χ1v) is 5.71. The van der Waals surface area contributed by atoms with Crippen molar-refractivity contribution in [1.29, 1.82) is 0 Å². The van der Waals surface area contributed by atoms with E-state index in [4.69, 9.17) is 0 Å². The fourth-order valence-electron chi connectivity index (χ4n) is 2.58. The van der Waals surface area contributed by atoms with Gasteiger partial charge >= 0.3 is 0 Å². The maximum absolute atomic E-state index is 9.23. The highest BCUT2D eigenvalue weighted by atomic mass is 16.3. The van der Waals surface area contributed by atoms with Gasteiger partial charge in [0.25, 0.3) is 0 Å². The second-order valence-corrected chi connectivity index (χ2v) is 4.63. The number of hydrogen-bond acceptors (Lipinski definition) is 3. The third-order valence-corrected chi connectivity index (χ3v) is 3.51. The highest BCUT2D eigenvalue weighted by Crippen LogP contribution is 2.31. The topological polar surface area (TPSA) is 45.1 Å². The molecule has 0 spiro atoms. The Morgan fingerprint density at radius 2 is 2.27 bits per heavy atom. The number of pyridine rings is 1. The van der Waals surface area contributed by atoms with Gasteiger partial charge in [-0.05, 0) is 37.3 Å². The van der Waals surface area contributed by atoms with Crippen LogP contribution in [0, 0.1) is 0 Å². The van der Waals surface area contributed by atoms with Crippen LogP contribution < -0.4 is 5.32 Å². The van der Waals surface area contributed by atoms with Crippen LogP contribution in [0.2, 0.25) is 0 Å². The largest absolute Gasteiger partial charge is 0.393 e. The highest BCUT2D eigenvalue weighted by Gasteiger charge is 2.32. The van der Waals surface area contributed by atoms with E-state index < -0.39 is 0 Å². The number of aryl methyl sites for hydroxylation is 1. The summed E-state index contributed by atoms with van der Waals surface area (Å²) in [4.78, 5) is 4.45. The lowest BCUT2D eigenvalue weighted by atomic mass is 9.89. The lowest BCUT2D eigenvalue weighted by Gasteiger charge is -2.34. The SMILES string of the molecule is OC1CC(NC2CCc3cccnc32)C1. The van der Waals surface area contributed by atoms with Crippen LogP contribution in [0.1, 0.15) is 36.6 Å². The second-order valence-electron chi connectivity index (χ2n) is 4.63. The molecule has 0 aromatic carbocycles. The van der Waals surface area contributed by atoms with Crippen LogP contribution in [0.5, 0.6) is 0 Å². The van der Waals surface area contributed by atoms with Gasteiger partial charge in [0, 0.05) is 12.2 Å². The van der Waals surface area contributed by atoms with Gasteiger partial charge in [0.1, 0.15) is 0 Å². The third-order valence-electron chi connectivity index (χ3n) is 3.51. The Morgan fingerprint density at radius 3 is 3.07 bits per heavy atom. The van der Waals surface area contributed by atoms with Gasteiger partial charge in [-0.2, -0.15) is 0 Å². The predicted molar refractivity (Wildman–Crippen MR) is 57.5 cm³/mol. The number of hydrogen-bond donors (Lipinski definition) is 2. The summed E-state index contributed by atoms with van der Waals surface area (Å²) < 4.78 is 0. The first-order valence-electron chi connectivity index (χ1n) is 5.71. The Labute approximate surface area is 89.5 Å². The number of aliphatic hydroxyl groups is 1. The summed E-state index contributed by atoms with van der Waals surface area (Å²) in [5.41, 5.74) is 2.61. The molecule has 1 unspecified atom stereocenters. The van der Waals surface area contributed by atoms with E-state index in [9.17, 15) is 5.11 Å². The molecule has 2 aliphatic rings. The Balaban J connectivity index is 1.69. The average molecular weight is 204 g/mol. The van der Waals surface area contributed by atoms with E-state index in [0.717, 1.165) is 25.7 Å². The standard InChI is InChI=1S/C12H16N2O/c15-10-6-9(7-10)14-11-4-3-8-2-1-5-13-12(8)11/h1-2,5,9-11,14-15H,3-4,6-7H2. The molecule has 1 atom stereocenters. The van der Waals surface area contributed by atoms with Crippen molar-refractivity contribution in [1.82, 2.24) is 10.3 Å². The molecular formula is C12H16N2O. The molecule has 1 saturated carbocycles. The number of nitrogens with zero attached hydrogens (tertiary/aromatic N) is 1. The fourth-order valence-corrected chi connectivity index (χ4v) is 2.58. The van der Waals surface area contributed by atoms with Gasteiger partial charge in [-0.1, -0.05) is 6.07 Å². The molecule has 3 nitrogen and oxygen atoms in total. The van der Waals surface area contributed by atoms with Crippen molar-refractivity contribution in [3.63, 3.8) is 0 Å². The van der Waals surface area contributed by atoms with E-state index in [1.807, 2.05) is 12.3 Å². The van der Waals surface area contributed by atoms with Crippen LogP contribution in [0.4, 0.5) is 0 Å². The van der Waals surface area contributed by atoms with Gasteiger partial charge in [0.15, 0.2) is 0 Å². The molecule has 0 radical (unpaired) electrons. The fraction of sp³-hybridized carbons (Fsp3) is 0.583. The van der Waals surface area contributed by atoms with Crippen LogP contribution in [0.15, 0.2) is 18.3 Å². The number of rotatable bonds is 2. The molecule has 1 heterocycles. The van der Waals surface area contributed by atoms with Crippen LogP contribution >= 0.6 is 0 Å². The molecule has 2 aliphatic carbocycles. The predicted octanol–water partition coefficient (Wildman–Crippen LogP) is 1.18. The first kappa shape index (κ1) is 9.31. The molecule has 0 saturated heterocycles. The van der Waals surface area contributed by atoms with Gasteiger partial charge in [0.2, 0.25) is 0 Å². The lowest BCUT2D eigenvalue weighted by Crippen LogP contribution is -2.45. The number of aromatic nitrogens is 1. The van der Waals surface area contributed by atoms with E-state index in [1.165, 1.54) is 11.3 Å². The van der Waals surface area contributed by atoms with Crippen LogP contribution in [-0.2, 0) is 6.42 Å². The first-order chi connectivity index (χ1) is 7.33. The molecule has 1 aromatic rings. The van der Waals surface area contributed by atoms with Crippen molar-refractivity contribution in [2.45, 2.75) is 43.9 Å². The van der Waals surface area contributed by atoms with Crippen LogP contribution in [-0.4, -0.2) is 22.2 Å². The van der Waals surface area contributed by atoms with Crippen LogP contribution in [0.25, 0.3) is 0 Å². The summed E-state index contributed by atoms with van der Waals surface area (Å²) in [6.07, 6.45) is 5.88. The summed E-state index contributed by atoms with van der Waals surface area (Å²) in [6.45, 7) is 0. The zero-order valence-electron chi connectivity index (χ0n) is 8.69. The Kier molecular flexibility index (Phi) is 2.22. The van der Waals surface area contributed by atoms with E-state index >= 15 is 0 Å². The normalized spacial score (nSPS) is 33.5. The maximum atomic E-state index is 9.23. The molecule has 3 heteroatoms. The van der Waals surface area contributed by atoms with Gasteiger partial charge in [-0.25, -0.2) is 0 Å². The molecule has 1 fully saturated rings. The Morgan fingerprint density at radius 1 is 1.40 bits per heavy atom. The van der Waals surface area contributed by atoms with E-state index in [-0.39, 0.29) is 6.10 Å². The van der Waals surface area contributed by atoms with Crippen molar-refractivity contribution in [3.05, 3.63) is 29.6 Å². The van der Waals surface area contributed by atoms with Gasteiger partial charge in [-0.15, -0.1) is 0 Å². The monoisotopic (exact) mass is 204 g/mol. The van der Waals surface area contributed by atoms with Crippen molar-refractivity contribution in [2.24, 2.45) is 0 Å². The summed E-state index contributed by atoms with van der Waals surface area (Å²) in [5, 5.41) is 12.8. The van der Waals surface area contributed by atoms with E-state index in [1.54, 1.807) is 0 Å². The van der Waals surface area contributed by atoms with Gasteiger partial charge in [0.05, 0.1) is 17.8 Å². The van der Waals surface area contributed by atoms with Crippen molar-refractivity contribution >= 4 is 0 Å². The molecule has 0 amide bonds. The van der Waals surface area contributed by atoms with Crippen molar-refractivity contribution < 1.29 is 5.11 Å². The Hall–Kier alpha value is -0.930. The maximum Gasteiger partial charge on any atom is 0.0605 e. The van der Waals surface area contributed by atoms with Crippen LogP contribution in [0.3, 0.4) is 0 Å². The minimum Gasteiger partial charge on any atom is -0.393 e. The molecule has 2 N–H and O–H groups in total. The van der Waals surface area contributed by atoms with Crippen molar-refractivity contribution in [2.75, 3.05) is 0 Å². The minimum absolute atomic E-state index is 0.0768. The summed E-state index contributed by atoms with van der Waals surface area (Å²) >= 11 is 0. The third kappa shape index (κ3) is 1.66. The lowest BCUT2D eigenvalue weighted by molar-refractivity contribution is 0.0575. The quantitative estimate of drug-likeness (QED) is 0.760. The van der Waals surface area contributed by atoms with Crippen molar-refractivity contribution in [3.8, 4) is 0 Å². The van der Waals surface area contributed by atoms with E-state index in [0.29, 0.717) is 12.1 Å². The smallest absolute Gasteiger partial charge is 0.0605 e. The Bertz CT molecular complexity index is 360. The second kappa shape index (κ2) is 3.58. The summed E-state index contributed by atoms with van der Waals surface area (Å²) in [5.74, 6) is 0. The summed E-state index contributed by atoms with van der Waals surface area (Å²) in [7, 11) is 0. The zero-order chi connectivity index (χ0) is 10.3. The van der Waals surface area contributed by atoms with Gasteiger partial charge < -0.3 is 10.4 Å². The molecule has 0 aliphatic heterocycles. The number of aliphatic hydroxyl groups excluding tert-OH is 1. The molecular weight excluding hydrogens is 188 g/mol. The summed E-state index contributed by atoms with van der Waals surface area (Å²) in [6, 6.07) is 5.09. The molecule has 3 rings (SSSR count). The molecule has 80 valence electrons. The van der Waals surface area contributed by atoms with Gasteiger partial charge in [-0.3, -0.25) is 4.98 Å².